The van der Waals surface area contributed by atoms with Crippen LogP contribution in [0.15, 0.2) is 18.2 Å². The lowest BCUT2D eigenvalue weighted by Crippen LogP contribution is -2.39. The Hall–Kier alpha value is -1.33. The maximum Gasteiger partial charge on any atom is 0.263 e. The number of ether oxygens (including phenoxy) is 1. The maximum atomic E-state index is 12.9. The molecule has 0 aliphatic carbocycles. The summed E-state index contributed by atoms with van der Waals surface area (Å²) < 4.78 is 18.5. The smallest absolute Gasteiger partial charge is 0.263 e. The molecule has 2 atom stereocenters. The van der Waals surface area contributed by atoms with E-state index in [0.29, 0.717) is 31.3 Å². The number of amides is 1. The van der Waals surface area contributed by atoms with Gasteiger partial charge in [-0.05, 0) is 44.0 Å². The van der Waals surface area contributed by atoms with Crippen LogP contribution in [0.3, 0.4) is 0 Å². The van der Waals surface area contributed by atoms with Gasteiger partial charge < -0.3 is 15.4 Å². The minimum Gasteiger partial charge on any atom is -0.479 e. The van der Waals surface area contributed by atoms with Gasteiger partial charge in [0, 0.05) is 13.1 Å². The summed E-state index contributed by atoms with van der Waals surface area (Å²) in [5.74, 6) is 0.136. The average molecular weight is 301 g/mol. The Morgan fingerprint density at radius 3 is 3.00 bits per heavy atom. The molecule has 0 saturated carbocycles. The van der Waals surface area contributed by atoms with E-state index in [1.165, 1.54) is 12.1 Å². The number of benzene rings is 1. The molecule has 0 unspecified atom stereocenters. The van der Waals surface area contributed by atoms with Crippen molar-refractivity contribution in [3.8, 4) is 5.75 Å². The summed E-state index contributed by atoms with van der Waals surface area (Å²) >= 11 is 5.88. The fourth-order valence-electron chi connectivity index (χ4n) is 2.29. The minimum atomic E-state index is -0.658. The molecule has 2 N–H and O–H groups in total. The van der Waals surface area contributed by atoms with Crippen LogP contribution in [0.5, 0.6) is 5.75 Å². The fourth-order valence-corrected chi connectivity index (χ4v) is 2.51. The Labute approximate surface area is 122 Å². The van der Waals surface area contributed by atoms with Crippen molar-refractivity contribution in [1.82, 2.24) is 4.90 Å². The van der Waals surface area contributed by atoms with Gasteiger partial charge in [-0.25, -0.2) is 4.39 Å². The second kappa shape index (κ2) is 6.41. The topological polar surface area (TPSA) is 55.6 Å². The van der Waals surface area contributed by atoms with Gasteiger partial charge >= 0.3 is 0 Å². The summed E-state index contributed by atoms with van der Waals surface area (Å²) in [7, 11) is 0. The molecule has 20 heavy (non-hydrogen) atoms. The molecule has 0 spiro atoms. The van der Waals surface area contributed by atoms with E-state index in [4.69, 9.17) is 22.1 Å². The first-order chi connectivity index (χ1) is 9.51. The lowest BCUT2D eigenvalue weighted by molar-refractivity contribution is -0.136. The summed E-state index contributed by atoms with van der Waals surface area (Å²) in [6.07, 6.45) is 0.265. The molecule has 0 aromatic heterocycles. The molecule has 1 saturated heterocycles. The molecule has 1 fully saturated rings. The van der Waals surface area contributed by atoms with Gasteiger partial charge in [-0.2, -0.15) is 0 Å². The lowest BCUT2D eigenvalue weighted by atomic mass is 10.1. The Bertz CT molecular complexity index is 498. The molecule has 4 nitrogen and oxygen atoms in total. The third kappa shape index (κ3) is 3.41. The number of hydrogen-bond acceptors (Lipinski definition) is 3. The highest BCUT2D eigenvalue weighted by Crippen LogP contribution is 2.26. The Kier molecular flexibility index (Phi) is 4.83. The molecular formula is C14H18ClFN2O2. The third-order valence-electron chi connectivity index (χ3n) is 3.48. The molecule has 110 valence electrons. The van der Waals surface area contributed by atoms with Crippen LogP contribution < -0.4 is 10.5 Å². The summed E-state index contributed by atoms with van der Waals surface area (Å²) in [5, 5.41) is 0.158. The maximum absolute atomic E-state index is 12.9. The molecule has 1 aliphatic heterocycles. The van der Waals surface area contributed by atoms with Gasteiger partial charge in [0.1, 0.15) is 11.6 Å². The van der Waals surface area contributed by atoms with E-state index in [1.54, 1.807) is 11.8 Å². The summed E-state index contributed by atoms with van der Waals surface area (Å²) in [6, 6.07) is 3.83. The molecule has 0 bridgehead atoms. The molecule has 1 heterocycles. The van der Waals surface area contributed by atoms with Crippen LogP contribution in [0.1, 0.15) is 13.3 Å². The van der Waals surface area contributed by atoms with Crippen molar-refractivity contribution in [2.75, 3.05) is 19.6 Å². The van der Waals surface area contributed by atoms with E-state index in [-0.39, 0.29) is 10.9 Å². The van der Waals surface area contributed by atoms with E-state index in [0.717, 1.165) is 12.5 Å². The predicted molar refractivity (Wildman–Crippen MR) is 75.2 cm³/mol. The molecule has 1 aromatic rings. The van der Waals surface area contributed by atoms with Gasteiger partial charge in [0.2, 0.25) is 0 Å². The third-order valence-corrected chi connectivity index (χ3v) is 3.77. The van der Waals surface area contributed by atoms with E-state index in [2.05, 4.69) is 0 Å². The van der Waals surface area contributed by atoms with Crippen molar-refractivity contribution in [3.63, 3.8) is 0 Å². The van der Waals surface area contributed by atoms with E-state index < -0.39 is 11.9 Å². The number of rotatable bonds is 4. The average Bonchev–Trinajstić information content (AvgIpc) is 2.89. The van der Waals surface area contributed by atoms with Crippen molar-refractivity contribution >= 4 is 17.5 Å². The van der Waals surface area contributed by atoms with Crippen LogP contribution in [0.2, 0.25) is 5.02 Å². The second-order valence-electron chi connectivity index (χ2n) is 5.01. The van der Waals surface area contributed by atoms with Crippen LogP contribution in [0.4, 0.5) is 4.39 Å². The van der Waals surface area contributed by atoms with Crippen LogP contribution in [-0.2, 0) is 4.79 Å². The van der Waals surface area contributed by atoms with Gasteiger partial charge in [0.15, 0.2) is 6.10 Å². The monoisotopic (exact) mass is 300 g/mol. The van der Waals surface area contributed by atoms with E-state index in [1.807, 2.05) is 0 Å². The summed E-state index contributed by atoms with van der Waals surface area (Å²) in [6.45, 7) is 3.62. The van der Waals surface area contributed by atoms with E-state index in [9.17, 15) is 9.18 Å². The first-order valence-electron chi connectivity index (χ1n) is 6.62. The van der Waals surface area contributed by atoms with E-state index >= 15 is 0 Å². The zero-order valence-corrected chi connectivity index (χ0v) is 12.1. The SMILES string of the molecule is C[C@H](Oc1ccc(F)cc1Cl)C(=O)N1CC[C@@H](CN)C1. The van der Waals surface area contributed by atoms with Crippen molar-refractivity contribution in [1.29, 1.82) is 0 Å². The van der Waals surface area contributed by atoms with Crippen LogP contribution in [-0.4, -0.2) is 36.5 Å². The van der Waals surface area contributed by atoms with Crippen molar-refractivity contribution in [3.05, 3.63) is 29.0 Å². The van der Waals surface area contributed by atoms with Gasteiger partial charge in [-0.3, -0.25) is 4.79 Å². The molecular weight excluding hydrogens is 283 g/mol. The Morgan fingerprint density at radius 1 is 1.65 bits per heavy atom. The number of nitrogens with zero attached hydrogens (tertiary/aromatic N) is 1. The quantitative estimate of drug-likeness (QED) is 0.926. The minimum absolute atomic E-state index is 0.0960. The molecule has 1 amide bonds. The summed E-state index contributed by atoms with van der Waals surface area (Å²) in [5.41, 5.74) is 5.61. The number of halogens is 2. The normalized spacial score (nSPS) is 20.0. The first kappa shape index (κ1) is 15.1. The zero-order chi connectivity index (χ0) is 14.7. The van der Waals surface area contributed by atoms with Gasteiger partial charge in [-0.15, -0.1) is 0 Å². The van der Waals surface area contributed by atoms with Crippen LogP contribution in [0.25, 0.3) is 0 Å². The number of carbonyl (C=O) groups is 1. The lowest BCUT2D eigenvalue weighted by Gasteiger charge is -2.22. The number of hydrogen-bond donors (Lipinski definition) is 1. The molecule has 1 aromatic carbocycles. The predicted octanol–water partition coefficient (Wildman–Crippen LogP) is 2.05. The highest BCUT2D eigenvalue weighted by Gasteiger charge is 2.29. The Balaban J connectivity index is 1.97. The summed E-state index contributed by atoms with van der Waals surface area (Å²) in [4.78, 5) is 14.0. The molecule has 1 aliphatic rings. The fraction of sp³-hybridized carbons (Fsp3) is 0.500. The molecule has 0 radical (unpaired) electrons. The Morgan fingerprint density at radius 2 is 2.40 bits per heavy atom. The van der Waals surface area contributed by atoms with Crippen molar-refractivity contribution < 1.29 is 13.9 Å². The number of likely N-dealkylation sites (tertiary alicyclic amines) is 1. The van der Waals surface area contributed by atoms with Crippen molar-refractivity contribution in [2.45, 2.75) is 19.4 Å². The van der Waals surface area contributed by atoms with Gasteiger partial charge in [0.25, 0.3) is 5.91 Å². The first-order valence-corrected chi connectivity index (χ1v) is 6.99. The van der Waals surface area contributed by atoms with Crippen LogP contribution in [0, 0.1) is 11.7 Å². The van der Waals surface area contributed by atoms with Gasteiger partial charge in [-0.1, -0.05) is 11.6 Å². The second-order valence-corrected chi connectivity index (χ2v) is 5.42. The van der Waals surface area contributed by atoms with Crippen LogP contribution >= 0.6 is 11.6 Å². The molecule has 2 rings (SSSR count). The zero-order valence-electron chi connectivity index (χ0n) is 11.3. The van der Waals surface area contributed by atoms with Crippen molar-refractivity contribution in [2.24, 2.45) is 11.7 Å². The number of nitrogens with two attached hydrogens (primary N) is 1. The largest absolute Gasteiger partial charge is 0.479 e. The highest BCUT2D eigenvalue weighted by molar-refractivity contribution is 6.32. The number of carbonyl (C=O) groups excluding carboxylic acids is 1. The standard InChI is InChI=1S/C14H18ClFN2O2/c1-9(14(19)18-5-4-10(7-17)8-18)20-13-3-2-11(16)6-12(13)15/h2-3,6,9-10H,4-5,7-8,17H2,1H3/t9-,10-/m0/s1. The van der Waals surface area contributed by atoms with Gasteiger partial charge in [0.05, 0.1) is 5.02 Å². The molecule has 6 heteroatoms. The highest BCUT2D eigenvalue weighted by atomic mass is 35.5.